The Morgan fingerprint density at radius 1 is 1.27 bits per heavy atom. The molecule has 3 rings (SSSR count). The van der Waals surface area contributed by atoms with Crippen molar-refractivity contribution < 1.29 is 13.9 Å². The number of anilines is 3. The number of carbonyl (C=O) groups excluding carboxylic acids is 1. The van der Waals surface area contributed by atoms with E-state index in [0.29, 0.717) is 23.3 Å². The number of aryl methyl sites for hydroxylation is 1. The molecule has 1 atom stereocenters. The van der Waals surface area contributed by atoms with Gasteiger partial charge in [0.2, 0.25) is 5.78 Å². The Morgan fingerprint density at radius 2 is 1.97 bits per heavy atom. The van der Waals surface area contributed by atoms with Crippen LogP contribution in [0.3, 0.4) is 0 Å². The number of thiazole rings is 1. The number of aromatic nitrogens is 1. The van der Waals surface area contributed by atoms with Gasteiger partial charge >= 0.3 is 0 Å². The van der Waals surface area contributed by atoms with Gasteiger partial charge in [-0.3, -0.25) is 4.79 Å². The quantitative estimate of drug-likeness (QED) is 0.515. The van der Waals surface area contributed by atoms with E-state index in [1.165, 1.54) is 6.07 Å². The zero-order valence-corrected chi connectivity index (χ0v) is 18.2. The molecule has 0 radical (unpaired) electrons. The summed E-state index contributed by atoms with van der Waals surface area (Å²) in [4.78, 5) is 19.3. The lowest BCUT2D eigenvalue weighted by Crippen LogP contribution is -2.30. The van der Waals surface area contributed by atoms with Gasteiger partial charge in [0.05, 0.1) is 0 Å². The third-order valence-electron chi connectivity index (χ3n) is 4.77. The van der Waals surface area contributed by atoms with Gasteiger partial charge < -0.3 is 20.7 Å². The SMILES string of the molecule is Cc1ccc(C(=O)c2sc(Nc3ccc(OC[C@@H](C)N(C)C)cc3)nc2N)cc1F. The van der Waals surface area contributed by atoms with Crippen molar-refractivity contribution in [2.75, 3.05) is 31.8 Å². The summed E-state index contributed by atoms with van der Waals surface area (Å²) in [6.07, 6.45) is 0. The molecule has 0 unspecified atom stereocenters. The first-order valence-electron chi connectivity index (χ1n) is 9.48. The monoisotopic (exact) mass is 428 g/mol. The molecule has 0 saturated heterocycles. The summed E-state index contributed by atoms with van der Waals surface area (Å²) in [6, 6.07) is 12.1. The Morgan fingerprint density at radius 3 is 2.60 bits per heavy atom. The number of nitrogens with two attached hydrogens (primary N) is 1. The summed E-state index contributed by atoms with van der Waals surface area (Å²) in [5, 5.41) is 3.62. The minimum absolute atomic E-state index is 0.117. The lowest BCUT2D eigenvalue weighted by atomic mass is 10.1. The van der Waals surface area contributed by atoms with E-state index in [-0.39, 0.29) is 22.0 Å². The summed E-state index contributed by atoms with van der Waals surface area (Å²) in [6.45, 7) is 4.33. The van der Waals surface area contributed by atoms with Gasteiger partial charge in [0.1, 0.15) is 28.9 Å². The number of ketones is 1. The topological polar surface area (TPSA) is 80.5 Å². The fourth-order valence-corrected chi connectivity index (χ4v) is 3.40. The van der Waals surface area contributed by atoms with Gasteiger partial charge in [-0.1, -0.05) is 23.5 Å². The zero-order chi connectivity index (χ0) is 21.8. The maximum atomic E-state index is 13.8. The lowest BCUT2D eigenvalue weighted by Gasteiger charge is -2.20. The van der Waals surface area contributed by atoms with Crippen molar-refractivity contribution in [1.82, 2.24) is 9.88 Å². The van der Waals surface area contributed by atoms with Gasteiger partial charge in [-0.25, -0.2) is 9.37 Å². The van der Waals surface area contributed by atoms with Gasteiger partial charge in [0.25, 0.3) is 0 Å². The molecule has 6 nitrogen and oxygen atoms in total. The normalized spacial score (nSPS) is 12.1. The van der Waals surface area contributed by atoms with Crippen LogP contribution in [0.1, 0.15) is 27.7 Å². The van der Waals surface area contributed by atoms with E-state index in [1.54, 1.807) is 19.1 Å². The van der Waals surface area contributed by atoms with E-state index < -0.39 is 5.82 Å². The lowest BCUT2D eigenvalue weighted by molar-refractivity contribution is 0.104. The minimum Gasteiger partial charge on any atom is -0.492 e. The third-order valence-corrected chi connectivity index (χ3v) is 5.76. The van der Waals surface area contributed by atoms with Crippen LogP contribution in [-0.4, -0.2) is 42.4 Å². The second-order valence-corrected chi connectivity index (χ2v) is 8.30. The number of ether oxygens (including phenoxy) is 1. The molecule has 0 aliphatic heterocycles. The van der Waals surface area contributed by atoms with Crippen LogP contribution in [0.15, 0.2) is 42.5 Å². The van der Waals surface area contributed by atoms with Crippen molar-refractivity contribution in [2.45, 2.75) is 19.9 Å². The van der Waals surface area contributed by atoms with Crippen LogP contribution in [0.25, 0.3) is 0 Å². The van der Waals surface area contributed by atoms with Crippen LogP contribution in [0.4, 0.5) is 21.0 Å². The van der Waals surface area contributed by atoms with Gasteiger partial charge in [0, 0.05) is 17.3 Å². The molecule has 0 spiro atoms. The van der Waals surface area contributed by atoms with Crippen LogP contribution in [-0.2, 0) is 0 Å². The van der Waals surface area contributed by atoms with E-state index in [9.17, 15) is 9.18 Å². The molecule has 0 saturated carbocycles. The minimum atomic E-state index is -0.426. The highest BCUT2D eigenvalue weighted by atomic mass is 32.1. The van der Waals surface area contributed by atoms with Crippen molar-refractivity contribution in [2.24, 2.45) is 0 Å². The number of hydrogen-bond donors (Lipinski definition) is 2. The fraction of sp³-hybridized carbons (Fsp3) is 0.273. The highest BCUT2D eigenvalue weighted by molar-refractivity contribution is 7.18. The molecule has 1 aromatic heterocycles. The van der Waals surface area contributed by atoms with Crippen molar-refractivity contribution in [1.29, 1.82) is 0 Å². The third kappa shape index (κ3) is 5.14. The molecular weight excluding hydrogens is 403 g/mol. The molecule has 2 aromatic carbocycles. The molecule has 8 heteroatoms. The predicted octanol–water partition coefficient (Wildman–Crippen LogP) is 4.48. The van der Waals surface area contributed by atoms with E-state index in [4.69, 9.17) is 10.5 Å². The molecule has 0 amide bonds. The Labute approximate surface area is 179 Å². The Bertz CT molecular complexity index is 1030. The van der Waals surface area contributed by atoms with Crippen molar-refractivity contribution in [3.8, 4) is 5.75 Å². The smallest absolute Gasteiger partial charge is 0.206 e. The number of nitrogen functional groups attached to an aromatic ring is 1. The average molecular weight is 429 g/mol. The molecule has 3 N–H and O–H groups in total. The largest absolute Gasteiger partial charge is 0.492 e. The predicted molar refractivity (Wildman–Crippen MR) is 119 cm³/mol. The summed E-state index contributed by atoms with van der Waals surface area (Å²) in [7, 11) is 4.02. The van der Waals surface area contributed by atoms with Gasteiger partial charge in [-0.2, -0.15) is 0 Å². The molecule has 1 heterocycles. The first-order valence-corrected chi connectivity index (χ1v) is 10.3. The molecular formula is C22H25FN4O2S. The molecule has 158 valence electrons. The number of likely N-dealkylation sites (N-methyl/N-ethyl adjacent to an activating group) is 1. The summed E-state index contributed by atoms with van der Waals surface area (Å²) in [5.74, 6) is 0.108. The standard InChI is InChI=1S/C22H25FN4O2S/c1-13-5-6-15(11-18(13)23)19(28)20-21(24)26-22(30-20)25-16-7-9-17(10-8-16)29-12-14(2)27(3)4/h5-11,14H,12,24H2,1-4H3,(H,25,26)/t14-/m1/s1. The number of rotatable bonds is 8. The van der Waals surface area contributed by atoms with Gasteiger partial charge in [-0.05, 0) is 63.8 Å². The van der Waals surface area contributed by atoms with Crippen LogP contribution in [0.2, 0.25) is 0 Å². The van der Waals surface area contributed by atoms with E-state index in [1.807, 2.05) is 38.4 Å². The van der Waals surface area contributed by atoms with E-state index in [2.05, 4.69) is 22.1 Å². The molecule has 0 aliphatic carbocycles. The van der Waals surface area contributed by atoms with Crippen LogP contribution < -0.4 is 15.8 Å². The number of benzene rings is 2. The second kappa shape index (κ2) is 9.23. The molecule has 30 heavy (non-hydrogen) atoms. The van der Waals surface area contributed by atoms with Gasteiger partial charge in [-0.15, -0.1) is 0 Å². The Kier molecular flexibility index (Phi) is 6.69. The molecule has 0 aliphatic rings. The molecule has 0 bridgehead atoms. The van der Waals surface area contributed by atoms with Crippen LogP contribution >= 0.6 is 11.3 Å². The Balaban J connectivity index is 1.68. The van der Waals surface area contributed by atoms with Gasteiger partial charge in [0.15, 0.2) is 5.13 Å². The number of nitrogens with zero attached hydrogens (tertiary/aromatic N) is 2. The van der Waals surface area contributed by atoms with Crippen molar-refractivity contribution >= 4 is 33.8 Å². The average Bonchev–Trinajstić information content (AvgIpc) is 3.08. The van der Waals surface area contributed by atoms with Crippen molar-refractivity contribution in [3.05, 3.63) is 64.3 Å². The van der Waals surface area contributed by atoms with Crippen LogP contribution in [0.5, 0.6) is 5.75 Å². The number of hydrogen-bond acceptors (Lipinski definition) is 7. The molecule has 0 fully saturated rings. The first-order chi connectivity index (χ1) is 14.2. The fourth-order valence-electron chi connectivity index (χ4n) is 2.54. The summed E-state index contributed by atoms with van der Waals surface area (Å²) >= 11 is 1.13. The first kappa shape index (κ1) is 21.7. The highest BCUT2D eigenvalue weighted by Crippen LogP contribution is 2.30. The zero-order valence-electron chi connectivity index (χ0n) is 17.4. The highest BCUT2D eigenvalue weighted by Gasteiger charge is 2.19. The summed E-state index contributed by atoms with van der Waals surface area (Å²) in [5.41, 5.74) is 7.45. The summed E-state index contributed by atoms with van der Waals surface area (Å²) < 4.78 is 19.6. The van der Waals surface area contributed by atoms with Crippen molar-refractivity contribution in [3.63, 3.8) is 0 Å². The maximum absolute atomic E-state index is 13.8. The molecule has 3 aromatic rings. The number of carbonyl (C=O) groups is 1. The van der Waals surface area contributed by atoms with Crippen LogP contribution in [0, 0.1) is 12.7 Å². The van der Waals surface area contributed by atoms with E-state index in [0.717, 1.165) is 22.8 Å². The second-order valence-electron chi connectivity index (χ2n) is 7.30. The number of nitrogens with one attached hydrogen (secondary N) is 1. The Hall–Kier alpha value is -2.97. The van der Waals surface area contributed by atoms with E-state index >= 15 is 0 Å². The number of halogens is 1. The maximum Gasteiger partial charge on any atom is 0.206 e.